The molecule has 0 saturated heterocycles. The Kier molecular flexibility index (Phi) is 7.85. The maximum atomic E-state index is 13.8. The SMILES string of the molecule is CCC(=O)c1c(-c2ccccc2)c2cc(Cl)ccc2c(=O)n1Cc1cc(C(=O)OC)n(CCC(C)(C)O)n1. The summed E-state index contributed by atoms with van der Waals surface area (Å²) in [4.78, 5) is 39.7. The summed E-state index contributed by atoms with van der Waals surface area (Å²) in [5.74, 6) is -0.799. The Bertz CT molecular complexity index is 1570. The van der Waals surface area contributed by atoms with Crippen LogP contribution in [0, 0.1) is 0 Å². The smallest absolute Gasteiger partial charge is 0.356 e. The number of aliphatic hydroxyl groups is 1. The van der Waals surface area contributed by atoms with Gasteiger partial charge in [0.2, 0.25) is 0 Å². The number of aryl methyl sites for hydroxylation is 1. The van der Waals surface area contributed by atoms with Crippen LogP contribution in [-0.2, 0) is 17.8 Å². The van der Waals surface area contributed by atoms with Crippen molar-refractivity contribution >= 4 is 34.1 Å². The Balaban J connectivity index is 1.96. The maximum absolute atomic E-state index is 13.8. The molecule has 0 aliphatic carbocycles. The number of hydrogen-bond acceptors (Lipinski definition) is 6. The van der Waals surface area contributed by atoms with Crippen molar-refractivity contribution < 1.29 is 19.4 Å². The predicted octanol–water partition coefficient (Wildman–Crippen LogP) is 5.11. The average molecular weight is 536 g/mol. The molecular formula is C29H30ClN3O5. The number of benzene rings is 2. The molecule has 198 valence electrons. The number of ether oxygens (including phenoxy) is 1. The summed E-state index contributed by atoms with van der Waals surface area (Å²) < 4.78 is 7.81. The quantitative estimate of drug-likeness (QED) is 0.236. The Morgan fingerprint density at radius 1 is 1.08 bits per heavy atom. The molecule has 0 unspecified atom stereocenters. The van der Waals surface area contributed by atoms with E-state index in [0.717, 1.165) is 5.56 Å². The van der Waals surface area contributed by atoms with E-state index in [2.05, 4.69) is 5.10 Å². The van der Waals surface area contributed by atoms with Gasteiger partial charge in [-0.05, 0) is 55.5 Å². The maximum Gasteiger partial charge on any atom is 0.356 e. The highest BCUT2D eigenvalue weighted by atomic mass is 35.5. The first-order chi connectivity index (χ1) is 18.0. The Morgan fingerprint density at radius 3 is 2.42 bits per heavy atom. The zero-order chi connectivity index (χ0) is 27.6. The number of methoxy groups -OCH3 is 1. The van der Waals surface area contributed by atoms with Crippen molar-refractivity contribution in [1.82, 2.24) is 14.3 Å². The van der Waals surface area contributed by atoms with E-state index >= 15 is 0 Å². The van der Waals surface area contributed by atoms with E-state index in [-0.39, 0.29) is 42.2 Å². The monoisotopic (exact) mass is 535 g/mol. The van der Waals surface area contributed by atoms with Crippen molar-refractivity contribution in [2.45, 2.75) is 52.3 Å². The number of pyridine rings is 1. The van der Waals surface area contributed by atoms with Gasteiger partial charge in [-0.15, -0.1) is 0 Å². The first-order valence-corrected chi connectivity index (χ1v) is 12.7. The second-order valence-electron chi connectivity index (χ2n) is 9.75. The van der Waals surface area contributed by atoms with Gasteiger partial charge in [0.05, 0.1) is 30.6 Å². The van der Waals surface area contributed by atoms with Crippen molar-refractivity contribution in [2.75, 3.05) is 7.11 Å². The summed E-state index contributed by atoms with van der Waals surface area (Å²) in [7, 11) is 1.28. The van der Waals surface area contributed by atoms with E-state index in [1.165, 1.54) is 16.4 Å². The lowest BCUT2D eigenvalue weighted by Gasteiger charge is -2.19. The van der Waals surface area contributed by atoms with E-state index in [1.54, 1.807) is 45.0 Å². The fourth-order valence-corrected chi connectivity index (χ4v) is 4.62. The largest absolute Gasteiger partial charge is 0.464 e. The summed E-state index contributed by atoms with van der Waals surface area (Å²) in [5.41, 5.74) is 0.907. The lowest BCUT2D eigenvalue weighted by atomic mass is 9.94. The Labute approximate surface area is 225 Å². The van der Waals surface area contributed by atoms with Gasteiger partial charge in [-0.1, -0.05) is 48.9 Å². The van der Waals surface area contributed by atoms with Crippen molar-refractivity contribution in [3.8, 4) is 11.1 Å². The third-order valence-corrected chi connectivity index (χ3v) is 6.60. The molecule has 2 aromatic carbocycles. The van der Waals surface area contributed by atoms with Gasteiger partial charge < -0.3 is 9.84 Å². The molecule has 4 rings (SSSR count). The zero-order valence-corrected chi connectivity index (χ0v) is 22.6. The van der Waals surface area contributed by atoms with E-state index in [1.807, 2.05) is 30.3 Å². The van der Waals surface area contributed by atoms with Gasteiger partial charge in [0.15, 0.2) is 5.78 Å². The molecule has 0 fully saturated rings. The van der Waals surface area contributed by atoms with Crippen LogP contribution < -0.4 is 5.56 Å². The van der Waals surface area contributed by atoms with Gasteiger partial charge in [0.25, 0.3) is 5.56 Å². The second-order valence-corrected chi connectivity index (χ2v) is 10.2. The van der Waals surface area contributed by atoms with Gasteiger partial charge in [-0.25, -0.2) is 4.79 Å². The first-order valence-electron chi connectivity index (χ1n) is 12.4. The van der Waals surface area contributed by atoms with Crippen LogP contribution in [0.25, 0.3) is 21.9 Å². The number of rotatable bonds is 9. The molecule has 0 aliphatic heterocycles. The highest BCUT2D eigenvalue weighted by Crippen LogP contribution is 2.33. The van der Waals surface area contributed by atoms with Crippen molar-refractivity contribution in [3.05, 3.63) is 87.1 Å². The van der Waals surface area contributed by atoms with E-state index < -0.39 is 11.6 Å². The average Bonchev–Trinajstić information content (AvgIpc) is 3.30. The highest BCUT2D eigenvalue weighted by molar-refractivity contribution is 6.31. The minimum atomic E-state index is -0.971. The van der Waals surface area contributed by atoms with Gasteiger partial charge in [0.1, 0.15) is 5.69 Å². The first kappa shape index (κ1) is 27.3. The number of esters is 1. The molecule has 8 nitrogen and oxygen atoms in total. The van der Waals surface area contributed by atoms with Crippen LogP contribution >= 0.6 is 11.6 Å². The molecule has 38 heavy (non-hydrogen) atoms. The molecular weight excluding hydrogens is 506 g/mol. The van der Waals surface area contributed by atoms with Gasteiger partial charge >= 0.3 is 5.97 Å². The van der Waals surface area contributed by atoms with E-state index in [0.29, 0.717) is 33.5 Å². The Hall–Kier alpha value is -3.75. The third kappa shape index (κ3) is 5.56. The van der Waals surface area contributed by atoms with Gasteiger partial charge in [0, 0.05) is 28.9 Å². The summed E-state index contributed by atoms with van der Waals surface area (Å²) in [5, 5.41) is 16.2. The number of aromatic nitrogens is 3. The Morgan fingerprint density at radius 2 is 1.79 bits per heavy atom. The summed E-state index contributed by atoms with van der Waals surface area (Å²) in [6.45, 7) is 5.30. The minimum Gasteiger partial charge on any atom is -0.464 e. The number of fused-ring (bicyclic) bond motifs is 1. The minimum absolute atomic E-state index is 0.0438. The van der Waals surface area contributed by atoms with Gasteiger partial charge in [-0.3, -0.25) is 18.8 Å². The lowest BCUT2D eigenvalue weighted by molar-refractivity contribution is 0.0553. The molecule has 0 aliphatic rings. The number of carbonyl (C=O) groups is 2. The van der Waals surface area contributed by atoms with E-state index in [9.17, 15) is 19.5 Å². The summed E-state index contributed by atoms with van der Waals surface area (Å²) >= 11 is 6.32. The fourth-order valence-electron chi connectivity index (χ4n) is 4.45. The number of Topliss-reactive ketones (excluding diaryl/α,β-unsaturated/α-hetero) is 1. The zero-order valence-electron chi connectivity index (χ0n) is 21.8. The van der Waals surface area contributed by atoms with Crippen LogP contribution in [0.1, 0.15) is 60.3 Å². The van der Waals surface area contributed by atoms with Gasteiger partial charge in [-0.2, -0.15) is 5.10 Å². The molecule has 0 saturated carbocycles. The normalized spacial score (nSPS) is 11.6. The lowest BCUT2D eigenvalue weighted by Crippen LogP contribution is -2.28. The molecule has 4 aromatic rings. The van der Waals surface area contributed by atoms with Crippen LogP contribution in [0.3, 0.4) is 0 Å². The molecule has 0 spiro atoms. The molecule has 0 atom stereocenters. The van der Waals surface area contributed by atoms with Crippen LogP contribution in [0.4, 0.5) is 0 Å². The van der Waals surface area contributed by atoms with Crippen molar-refractivity contribution in [3.63, 3.8) is 0 Å². The standard InChI is InChI=1S/C29H30ClN3O5/c1-5-24(34)26-25(18-9-7-6-8-10-18)22-15-19(30)11-12-21(22)27(35)32(26)17-20-16-23(28(36)38-4)33(31-20)14-13-29(2,3)37/h6-12,15-16,37H,5,13-14,17H2,1-4H3. The summed E-state index contributed by atoms with van der Waals surface area (Å²) in [6, 6.07) is 16.0. The molecule has 9 heteroatoms. The fraction of sp³-hybridized carbons (Fsp3) is 0.310. The van der Waals surface area contributed by atoms with Crippen molar-refractivity contribution in [1.29, 1.82) is 0 Å². The number of halogens is 1. The molecule has 0 bridgehead atoms. The van der Waals surface area contributed by atoms with Crippen LogP contribution in [0.15, 0.2) is 59.4 Å². The highest BCUT2D eigenvalue weighted by Gasteiger charge is 2.25. The van der Waals surface area contributed by atoms with Crippen molar-refractivity contribution in [2.24, 2.45) is 0 Å². The predicted molar refractivity (Wildman–Crippen MR) is 147 cm³/mol. The van der Waals surface area contributed by atoms with Crippen LogP contribution in [-0.4, -0.2) is 43.9 Å². The number of ketones is 1. The topological polar surface area (TPSA) is 103 Å². The summed E-state index contributed by atoms with van der Waals surface area (Å²) in [6.07, 6.45) is 0.519. The third-order valence-electron chi connectivity index (χ3n) is 6.36. The van der Waals surface area contributed by atoms with Crippen LogP contribution in [0.5, 0.6) is 0 Å². The molecule has 2 aromatic heterocycles. The van der Waals surface area contributed by atoms with Crippen LogP contribution in [0.2, 0.25) is 5.02 Å². The molecule has 0 radical (unpaired) electrons. The second kappa shape index (κ2) is 10.9. The molecule has 1 N–H and O–H groups in total. The number of nitrogens with zero attached hydrogens (tertiary/aromatic N) is 3. The number of hydrogen-bond donors (Lipinski definition) is 1. The molecule has 2 heterocycles. The molecule has 0 amide bonds. The van der Waals surface area contributed by atoms with E-state index in [4.69, 9.17) is 16.3 Å². The number of carbonyl (C=O) groups excluding carboxylic acids is 2.